The molecule has 1 aliphatic rings. The second kappa shape index (κ2) is 8.48. The Kier molecular flexibility index (Phi) is 6.33. The molecule has 0 radical (unpaired) electrons. The van der Waals surface area contributed by atoms with Gasteiger partial charge in [0, 0.05) is 19.7 Å². The maximum Gasteiger partial charge on any atom is 0.314 e. The van der Waals surface area contributed by atoms with E-state index in [2.05, 4.69) is 10.6 Å². The highest BCUT2D eigenvalue weighted by Crippen LogP contribution is 2.24. The highest BCUT2D eigenvalue weighted by Gasteiger charge is 2.15. The third-order valence-electron chi connectivity index (χ3n) is 3.68. The van der Waals surface area contributed by atoms with Crippen molar-refractivity contribution in [3.05, 3.63) is 23.8 Å². The molecule has 1 atom stereocenters. The maximum absolute atomic E-state index is 11.7. The van der Waals surface area contributed by atoms with Gasteiger partial charge in [0.15, 0.2) is 0 Å². The molecule has 1 fully saturated rings. The van der Waals surface area contributed by atoms with E-state index in [-0.39, 0.29) is 12.1 Å². The molecule has 0 bridgehead atoms. The lowest BCUT2D eigenvalue weighted by Gasteiger charge is -2.13. The lowest BCUT2D eigenvalue weighted by atomic mass is 10.1. The molecule has 1 aliphatic heterocycles. The Labute approximate surface area is 131 Å². The zero-order chi connectivity index (χ0) is 15.8. The Bertz CT molecular complexity index is 487. The largest absolute Gasteiger partial charge is 0.497 e. The van der Waals surface area contributed by atoms with Crippen LogP contribution in [0.2, 0.25) is 0 Å². The van der Waals surface area contributed by atoms with E-state index in [1.807, 2.05) is 18.2 Å². The first-order chi connectivity index (χ1) is 10.7. The molecule has 22 heavy (non-hydrogen) atoms. The van der Waals surface area contributed by atoms with Crippen molar-refractivity contribution in [2.24, 2.45) is 0 Å². The summed E-state index contributed by atoms with van der Waals surface area (Å²) in [6.45, 7) is 1.89. The van der Waals surface area contributed by atoms with Gasteiger partial charge in [0.2, 0.25) is 0 Å². The molecule has 122 valence electrons. The van der Waals surface area contributed by atoms with Gasteiger partial charge in [0.05, 0.1) is 20.3 Å². The number of carbonyl (C=O) groups is 1. The highest BCUT2D eigenvalue weighted by molar-refractivity contribution is 5.73. The molecule has 0 unspecified atom stereocenters. The molecular formula is C16H24N2O4. The van der Waals surface area contributed by atoms with E-state index in [1.54, 1.807) is 14.2 Å². The van der Waals surface area contributed by atoms with Gasteiger partial charge in [0.1, 0.15) is 11.5 Å². The molecule has 2 amide bonds. The smallest absolute Gasteiger partial charge is 0.314 e. The SMILES string of the molecule is COc1ccc(OC)c(CCNC(=O)NC[C@@H]2CCCO2)c1. The van der Waals surface area contributed by atoms with E-state index in [0.29, 0.717) is 19.5 Å². The zero-order valence-corrected chi connectivity index (χ0v) is 13.2. The number of hydrogen-bond acceptors (Lipinski definition) is 4. The van der Waals surface area contributed by atoms with Gasteiger partial charge < -0.3 is 24.8 Å². The Hall–Kier alpha value is -1.95. The molecule has 0 aliphatic carbocycles. The fraction of sp³-hybridized carbons (Fsp3) is 0.562. The van der Waals surface area contributed by atoms with Gasteiger partial charge in [-0.2, -0.15) is 0 Å². The zero-order valence-electron chi connectivity index (χ0n) is 13.2. The first-order valence-electron chi connectivity index (χ1n) is 7.57. The minimum atomic E-state index is -0.169. The van der Waals surface area contributed by atoms with Crippen molar-refractivity contribution in [1.29, 1.82) is 0 Å². The summed E-state index contributed by atoms with van der Waals surface area (Å²) in [7, 11) is 3.26. The number of hydrogen-bond donors (Lipinski definition) is 2. The lowest BCUT2D eigenvalue weighted by Crippen LogP contribution is -2.40. The number of urea groups is 1. The monoisotopic (exact) mass is 308 g/mol. The van der Waals surface area contributed by atoms with Crippen LogP contribution in [0, 0.1) is 0 Å². The third kappa shape index (κ3) is 4.80. The van der Waals surface area contributed by atoms with Crippen LogP contribution in [0.4, 0.5) is 4.79 Å². The number of methoxy groups -OCH3 is 2. The number of ether oxygens (including phenoxy) is 3. The van der Waals surface area contributed by atoms with Crippen LogP contribution in [0.1, 0.15) is 18.4 Å². The summed E-state index contributed by atoms with van der Waals surface area (Å²) in [6, 6.07) is 5.47. The summed E-state index contributed by atoms with van der Waals surface area (Å²) in [6.07, 6.45) is 2.92. The van der Waals surface area contributed by atoms with Crippen molar-refractivity contribution >= 4 is 6.03 Å². The number of carbonyl (C=O) groups excluding carboxylic acids is 1. The van der Waals surface area contributed by atoms with Crippen LogP contribution in [0.5, 0.6) is 11.5 Å². The van der Waals surface area contributed by atoms with Crippen LogP contribution in [0.3, 0.4) is 0 Å². The summed E-state index contributed by atoms with van der Waals surface area (Å²) >= 11 is 0. The first kappa shape index (κ1) is 16.4. The predicted octanol–water partition coefficient (Wildman–Crippen LogP) is 1.72. The second-order valence-electron chi connectivity index (χ2n) is 5.20. The van der Waals surface area contributed by atoms with Crippen molar-refractivity contribution in [3.63, 3.8) is 0 Å². The summed E-state index contributed by atoms with van der Waals surface area (Å²) in [5, 5.41) is 5.67. The molecule has 0 aromatic heterocycles. The second-order valence-corrected chi connectivity index (χ2v) is 5.20. The lowest BCUT2D eigenvalue weighted by molar-refractivity contribution is 0.111. The van der Waals surface area contributed by atoms with Crippen LogP contribution in [0.15, 0.2) is 18.2 Å². The van der Waals surface area contributed by atoms with Gasteiger partial charge in [-0.15, -0.1) is 0 Å². The number of amides is 2. The molecule has 6 nitrogen and oxygen atoms in total. The number of rotatable bonds is 7. The van der Waals surface area contributed by atoms with E-state index in [0.717, 1.165) is 36.5 Å². The number of benzene rings is 1. The molecule has 1 aromatic carbocycles. The molecule has 2 rings (SSSR count). The van der Waals surface area contributed by atoms with Gasteiger partial charge in [-0.1, -0.05) is 0 Å². The van der Waals surface area contributed by atoms with Crippen LogP contribution < -0.4 is 20.1 Å². The van der Waals surface area contributed by atoms with E-state index >= 15 is 0 Å². The topological polar surface area (TPSA) is 68.8 Å². The average molecular weight is 308 g/mol. The molecule has 6 heteroatoms. The van der Waals surface area contributed by atoms with Crippen molar-refractivity contribution in [2.75, 3.05) is 33.9 Å². The van der Waals surface area contributed by atoms with Crippen LogP contribution in [-0.4, -0.2) is 46.1 Å². The van der Waals surface area contributed by atoms with E-state index < -0.39 is 0 Å². The molecule has 0 spiro atoms. The van der Waals surface area contributed by atoms with Gasteiger partial charge in [-0.05, 0) is 43.0 Å². The van der Waals surface area contributed by atoms with Crippen LogP contribution >= 0.6 is 0 Å². The molecular weight excluding hydrogens is 284 g/mol. The van der Waals surface area contributed by atoms with Gasteiger partial charge in [-0.3, -0.25) is 0 Å². The Balaban J connectivity index is 1.74. The normalized spacial score (nSPS) is 17.1. The quantitative estimate of drug-likeness (QED) is 0.805. The minimum absolute atomic E-state index is 0.157. The van der Waals surface area contributed by atoms with Crippen LogP contribution in [0.25, 0.3) is 0 Å². The highest BCUT2D eigenvalue weighted by atomic mass is 16.5. The maximum atomic E-state index is 11.7. The van der Waals surface area contributed by atoms with E-state index in [9.17, 15) is 4.79 Å². The molecule has 0 saturated carbocycles. The van der Waals surface area contributed by atoms with Gasteiger partial charge >= 0.3 is 6.03 Å². The minimum Gasteiger partial charge on any atom is -0.497 e. The summed E-state index contributed by atoms with van der Waals surface area (Å²) in [5.74, 6) is 1.57. The molecule has 1 saturated heterocycles. The third-order valence-corrected chi connectivity index (χ3v) is 3.68. The predicted molar refractivity (Wildman–Crippen MR) is 83.6 cm³/mol. The fourth-order valence-electron chi connectivity index (χ4n) is 2.46. The fourth-order valence-corrected chi connectivity index (χ4v) is 2.46. The van der Waals surface area contributed by atoms with Crippen molar-refractivity contribution in [3.8, 4) is 11.5 Å². The molecule has 1 aromatic rings. The first-order valence-corrected chi connectivity index (χ1v) is 7.57. The Morgan fingerprint density at radius 1 is 1.32 bits per heavy atom. The van der Waals surface area contributed by atoms with Crippen molar-refractivity contribution < 1.29 is 19.0 Å². The van der Waals surface area contributed by atoms with Crippen molar-refractivity contribution in [2.45, 2.75) is 25.4 Å². The van der Waals surface area contributed by atoms with E-state index in [1.165, 1.54) is 0 Å². The standard InChI is InChI=1S/C16H24N2O4/c1-20-13-5-6-15(21-2)12(10-13)7-8-17-16(19)18-11-14-4-3-9-22-14/h5-6,10,14H,3-4,7-9,11H2,1-2H3,(H2,17,18,19)/t14-/m0/s1. The molecule has 1 heterocycles. The van der Waals surface area contributed by atoms with Crippen LogP contribution in [-0.2, 0) is 11.2 Å². The average Bonchev–Trinajstić information content (AvgIpc) is 3.06. The van der Waals surface area contributed by atoms with Gasteiger partial charge in [0.25, 0.3) is 0 Å². The summed E-state index contributed by atoms with van der Waals surface area (Å²) in [4.78, 5) is 11.7. The summed E-state index contributed by atoms with van der Waals surface area (Å²) < 4.78 is 16.0. The number of nitrogens with one attached hydrogen (secondary N) is 2. The van der Waals surface area contributed by atoms with Gasteiger partial charge in [-0.25, -0.2) is 4.79 Å². The Morgan fingerprint density at radius 3 is 2.86 bits per heavy atom. The van der Waals surface area contributed by atoms with E-state index in [4.69, 9.17) is 14.2 Å². The summed E-state index contributed by atoms with van der Waals surface area (Å²) in [5.41, 5.74) is 1.00. The Morgan fingerprint density at radius 2 is 2.18 bits per heavy atom. The van der Waals surface area contributed by atoms with Crippen molar-refractivity contribution in [1.82, 2.24) is 10.6 Å². The molecule has 2 N–H and O–H groups in total.